The molecular weight excluding hydrogens is 552 g/mol. The molecule has 0 bridgehead atoms. The first-order valence-corrected chi connectivity index (χ1v) is 14.4. The molecule has 0 atom stereocenters. The van der Waals surface area contributed by atoms with Crippen molar-refractivity contribution in [3.8, 4) is 11.5 Å². The third-order valence-corrected chi connectivity index (χ3v) is 7.61. The summed E-state index contributed by atoms with van der Waals surface area (Å²) >= 11 is 1.58. The predicted octanol–water partition coefficient (Wildman–Crippen LogP) is 8.82. The molecule has 4 aromatic carbocycles. The second-order valence-electron chi connectivity index (χ2n) is 9.52. The number of benzene rings is 4. The van der Waals surface area contributed by atoms with Gasteiger partial charge in [-0.3, -0.25) is 19.9 Å². The number of phenols is 2. The summed E-state index contributed by atoms with van der Waals surface area (Å²) in [6.07, 6.45) is 7.21. The molecule has 0 aliphatic carbocycles. The molecule has 8 rings (SSSR count). The van der Waals surface area contributed by atoms with E-state index in [0.717, 1.165) is 53.4 Å². The van der Waals surface area contributed by atoms with Crippen LogP contribution in [-0.2, 0) is 0 Å². The van der Waals surface area contributed by atoms with E-state index in [1.165, 1.54) is 0 Å². The van der Waals surface area contributed by atoms with Crippen LogP contribution in [-0.4, -0.2) is 30.1 Å². The zero-order valence-corrected chi connectivity index (χ0v) is 23.8. The summed E-state index contributed by atoms with van der Waals surface area (Å²) < 4.78 is 0. The van der Waals surface area contributed by atoms with E-state index >= 15 is 0 Å². The largest absolute Gasteiger partial charge is 0.508 e. The first-order valence-electron chi connectivity index (χ1n) is 13.6. The Morgan fingerprint density at radius 3 is 0.907 bits per heavy atom. The Kier molecular flexibility index (Phi) is 8.34. The van der Waals surface area contributed by atoms with Gasteiger partial charge in [0.15, 0.2) is 0 Å². The van der Waals surface area contributed by atoms with Gasteiger partial charge in [-0.2, -0.15) is 0 Å². The van der Waals surface area contributed by atoms with Crippen LogP contribution >= 0.6 is 11.8 Å². The maximum absolute atomic E-state index is 9.12. The molecule has 7 heteroatoms. The molecule has 2 N–H and O–H groups in total. The lowest BCUT2D eigenvalue weighted by Crippen LogP contribution is -1.83. The third-order valence-electron chi connectivity index (χ3n) is 6.60. The number of hydrogen-bond donors (Lipinski definition) is 2. The lowest BCUT2D eigenvalue weighted by Gasteiger charge is -2.01. The van der Waals surface area contributed by atoms with E-state index in [1.807, 2.05) is 48.5 Å². The fourth-order valence-corrected chi connectivity index (χ4v) is 5.34. The quantitative estimate of drug-likeness (QED) is 0.198. The first-order chi connectivity index (χ1) is 21.1. The Morgan fingerprint density at radius 2 is 0.628 bits per heavy atom. The molecule has 8 aromatic rings. The summed E-state index contributed by atoms with van der Waals surface area (Å²) in [5, 5.41) is 22.8. The first kappa shape index (κ1) is 27.6. The number of pyridine rings is 4. The molecule has 0 spiro atoms. The molecule has 0 fully saturated rings. The summed E-state index contributed by atoms with van der Waals surface area (Å²) in [6.45, 7) is 0. The van der Waals surface area contributed by atoms with Crippen LogP contribution in [0.25, 0.3) is 43.6 Å². The zero-order chi connectivity index (χ0) is 29.4. The number of rotatable bonds is 2. The Hall–Kier alpha value is -5.53. The van der Waals surface area contributed by atoms with Crippen molar-refractivity contribution in [3.63, 3.8) is 0 Å². The standard InChI is InChI=1S/2C12H8N2.C12H10O2S/c2*1-3-9-5-6-10-4-2-8-14-12(10)11(9)13-7-1;13-9-1-5-11(6-2-9)15-12-7-3-10(14)4-8-12/h2*1-8H;1-8,13-14H. The lowest BCUT2D eigenvalue weighted by atomic mass is 10.1. The van der Waals surface area contributed by atoms with E-state index in [0.29, 0.717) is 0 Å². The Balaban J connectivity index is 0.000000115. The Morgan fingerprint density at radius 1 is 0.349 bits per heavy atom. The summed E-state index contributed by atoms with van der Waals surface area (Å²) in [4.78, 5) is 19.5. The highest BCUT2D eigenvalue weighted by Gasteiger charge is 2.01. The minimum atomic E-state index is 0.269. The van der Waals surface area contributed by atoms with Crippen LogP contribution in [0.2, 0.25) is 0 Å². The number of hydrogen-bond acceptors (Lipinski definition) is 7. The average Bonchev–Trinajstić information content (AvgIpc) is 3.07. The highest BCUT2D eigenvalue weighted by atomic mass is 32.2. The topological polar surface area (TPSA) is 92.0 Å². The van der Waals surface area contributed by atoms with Gasteiger partial charge in [0.25, 0.3) is 0 Å². The minimum Gasteiger partial charge on any atom is -0.508 e. The number of nitrogens with zero attached hydrogens (tertiary/aromatic N) is 4. The van der Waals surface area contributed by atoms with E-state index in [9.17, 15) is 0 Å². The molecule has 4 heterocycles. The molecule has 208 valence electrons. The average molecular weight is 579 g/mol. The van der Waals surface area contributed by atoms with E-state index < -0.39 is 0 Å². The van der Waals surface area contributed by atoms with Crippen molar-refractivity contribution in [2.75, 3.05) is 0 Å². The minimum absolute atomic E-state index is 0.269. The second-order valence-corrected chi connectivity index (χ2v) is 10.7. The van der Waals surface area contributed by atoms with Crippen LogP contribution in [0.5, 0.6) is 11.5 Å². The lowest BCUT2D eigenvalue weighted by molar-refractivity contribution is 0.474. The Labute approximate surface area is 252 Å². The van der Waals surface area contributed by atoms with Gasteiger partial charge in [-0.25, -0.2) is 0 Å². The van der Waals surface area contributed by atoms with Crippen molar-refractivity contribution in [2.24, 2.45) is 0 Å². The van der Waals surface area contributed by atoms with Gasteiger partial charge in [-0.1, -0.05) is 60.3 Å². The fraction of sp³-hybridized carbons (Fsp3) is 0. The molecule has 43 heavy (non-hydrogen) atoms. The van der Waals surface area contributed by atoms with Gasteiger partial charge >= 0.3 is 0 Å². The van der Waals surface area contributed by atoms with E-state index in [4.69, 9.17) is 10.2 Å². The van der Waals surface area contributed by atoms with Crippen LogP contribution in [0.1, 0.15) is 0 Å². The van der Waals surface area contributed by atoms with Gasteiger partial charge in [-0.05, 0) is 72.8 Å². The molecule has 0 unspecified atom stereocenters. The zero-order valence-electron chi connectivity index (χ0n) is 22.9. The van der Waals surface area contributed by atoms with Crippen molar-refractivity contribution in [2.45, 2.75) is 9.79 Å². The number of aromatic nitrogens is 4. The molecule has 0 saturated heterocycles. The van der Waals surface area contributed by atoms with Crippen LogP contribution in [0.15, 0.2) is 156 Å². The van der Waals surface area contributed by atoms with Crippen molar-refractivity contribution in [3.05, 3.63) is 146 Å². The summed E-state index contributed by atoms with van der Waals surface area (Å²) in [7, 11) is 0. The van der Waals surface area contributed by atoms with Gasteiger partial charge in [0.2, 0.25) is 0 Å². The van der Waals surface area contributed by atoms with Crippen LogP contribution in [0.3, 0.4) is 0 Å². The second kappa shape index (κ2) is 13.0. The molecular formula is C36H26N4O2S. The third kappa shape index (κ3) is 6.69. The van der Waals surface area contributed by atoms with Gasteiger partial charge in [0.1, 0.15) is 11.5 Å². The highest BCUT2D eigenvalue weighted by molar-refractivity contribution is 7.99. The predicted molar refractivity (Wildman–Crippen MR) is 174 cm³/mol. The maximum Gasteiger partial charge on any atom is 0.115 e. The van der Waals surface area contributed by atoms with E-state index in [2.05, 4.69) is 68.5 Å². The number of aromatic hydroxyl groups is 2. The van der Waals surface area contributed by atoms with Gasteiger partial charge < -0.3 is 10.2 Å². The Bertz CT molecular complexity index is 1870. The van der Waals surface area contributed by atoms with E-state index in [1.54, 1.807) is 60.8 Å². The van der Waals surface area contributed by atoms with Gasteiger partial charge in [-0.15, -0.1) is 0 Å². The highest BCUT2D eigenvalue weighted by Crippen LogP contribution is 2.29. The molecule has 4 aromatic heterocycles. The molecule has 0 aliphatic heterocycles. The van der Waals surface area contributed by atoms with Crippen molar-refractivity contribution < 1.29 is 10.2 Å². The molecule has 0 amide bonds. The SMILES string of the molecule is Oc1ccc(Sc2ccc(O)cc2)cc1.c1cnc2c(c1)ccc1cccnc12.c1cnc2c(c1)ccc1cccnc12. The van der Waals surface area contributed by atoms with Crippen LogP contribution < -0.4 is 0 Å². The molecule has 0 radical (unpaired) electrons. The molecule has 0 aliphatic rings. The smallest absolute Gasteiger partial charge is 0.115 e. The normalized spacial score (nSPS) is 10.6. The van der Waals surface area contributed by atoms with Crippen molar-refractivity contribution in [1.29, 1.82) is 0 Å². The monoisotopic (exact) mass is 578 g/mol. The van der Waals surface area contributed by atoms with Crippen molar-refractivity contribution >= 4 is 55.4 Å². The number of fused-ring (bicyclic) bond motifs is 6. The van der Waals surface area contributed by atoms with Crippen molar-refractivity contribution in [1.82, 2.24) is 19.9 Å². The van der Waals surface area contributed by atoms with Crippen LogP contribution in [0, 0.1) is 0 Å². The van der Waals surface area contributed by atoms with E-state index in [-0.39, 0.29) is 11.5 Å². The maximum atomic E-state index is 9.12. The van der Waals surface area contributed by atoms with Crippen LogP contribution in [0.4, 0.5) is 0 Å². The van der Waals surface area contributed by atoms with Gasteiger partial charge in [0, 0.05) is 56.1 Å². The summed E-state index contributed by atoms with van der Waals surface area (Å²) in [6, 6.07) is 38.3. The van der Waals surface area contributed by atoms with Gasteiger partial charge in [0.05, 0.1) is 22.1 Å². The molecule has 6 nitrogen and oxygen atoms in total. The molecule has 0 saturated carbocycles. The fourth-order valence-electron chi connectivity index (χ4n) is 4.52. The summed E-state index contributed by atoms with van der Waals surface area (Å²) in [5.74, 6) is 0.537. The number of phenolic OH excluding ortho intramolecular Hbond substituents is 2. The summed E-state index contributed by atoms with van der Waals surface area (Å²) in [5.41, 5.74) is 3.91.